The highest BCUT2D eigenvalue weighted by molar-refractivity contribution is 5.93. The van der Waals surface area contributed by atoms with Crippen molar-refractivity contribution >= 4 is 42.1 Å². The summed E-state index contributed by atoms with van der Waals surface area (Å²) < 4.78 is 19.1. The molecule has 0 spiro atoms. The molecule has 1 aliphatic heterocycles. The van der Waals surface area contributed by atoms with E-state index in [9.17, 15) is 9.18 Å². The first kappa shape index (κ1) is 21.9. The highest BCUT2D eigenvalue weighted by Gasteiger charge is 2.15. The molecule has 0 aliphatic carbocycles. The second-order valence-corrected chi connectivity index (χ2v) is 5.25. The van der Waals surface area contributed by atoms with E-state index in [2.05, 4.69) is 15.5 Å². The lowest BCUT2D eigenvalue weighted by Gasteiger charge is -2.29. The molecule has 0 radical (unpaired) electrons. The minimum Gasteiger partial charge on any atom is -0.378 e. The lowest BCUT2D eigenvalue weighted by Crippen LogP contribution is -2.36. The molecule has 1 saturated heterocycles. The molecule has 0 bridgehead atoms. The van der Waals surface area contributed by atoms with Gasteiger partial charge in [-0.05, 0) is 25.2 Å². The molecule has 2 N–H and O–H groups in total. The molecule has 0 aromatic heterocycles. The molecule has 0 saturated carbocycles. The highest BCUT2D eigenvalue weighted by Crippen LogP contribution is 2.23. The summed E-state index contributed by atoms with van der Waals surface area (Å²) in [5, 5.41) is 5.72. The van der Waals surface area contributed by atoms with Gasteiger partial charge in [0.1, 0.15) is 5.82 Å². The number of nitrogens with zero attached hydrogens (tertiary/aromatic N) is 1. The van der Waals surface area contributed by atoms with Crippen molar-refractivity contribution in [1.82, 2.24) is 5.32 Å². The number of hydrogen-bond acceptors (Lipinski definition) is 4. The summed E-state index contributed by atoms with van der Waals surface area (Å²) >= 11 is 0. The molecular formula is C15H24Cl2FN3O2. The van der Waals surface area contributed by atoms with E-state index in [-0.39, 0.29) is 42.5 Å². The van der Waals surface area contributed by atoms with Gasteiger partial charge in [-0.25, -0.2) is 4.39 Å². The van der Waals surface area contributed by atoms with Gasteiger partial charge in [0.05, 0.1) is 13.2 Å². The van der Waals surface area contributed by atoms with Gasteiger partial charge in [-0.15, -0.1) is 24.8 Å². The zero-order chi connectivity index (χ0) is 15.2. The van der Waals surface area contributed by atoms with E-state index in [0.717, 1.165) is 18.8 Å². The third-order valence-electron chi connectivity index (χ3n) is 3.48. The Bertz CT molecular complexity index is 500. The van der Waals surface area contributed by atoms with Gasteiger partial charge in [-0.2, -0.15) is 0 Å². The maximum Gasteiger partial charge on any atom is 0.228 e. The number of morpholine rings is 1. The Hall–Kier alpha value is -1.08. The van der Waals surface area contributed by atoms with Gasteiger partial charge < -0.3 is 20.3 Å². The zero-order valence-electron chi connectivity index (χ0n) is 13.3. The third kappa shape index (κ3) is 6.51. The zero-order valence-corrected chi connectivity index (χ0v) is 14.9. The molecule has 1 amide bonds. The second-order valence-electron chi connectivity index (χ2n) is 5.25. The van der Waals surface area contributed by atoms with Crippen molar-refractivity contribution in [2.24, 2.45) is 5.92 Å². The molecule has 1 aromatic carbocycles. The van der Waals surface area contributed by atoms with Crippen LogP contribution < -0.4 is 15.5 Å². The maximum atomic E-state index is 13.8. The summed E-state index contributed by atoms with van der Waals surface area (Å²) in [7, 11) is 1.79. The predicted molar refractivity (Wildman–Crippen MR) is 95.6 cm³/mol. The van der Waals surface area contributed by atoms with Crippen LogP contribution in [-0.2, 0) is 9.53 Å². The number of anilines is 2. The highest BCUT2D eigenvalue weighted by atomic mass is 35.5. The third-order valence-corrected chi connectivity index (χ3v) is 3.48. The SMILES string of the molecule is CNCC(C)C(=O)Nc1cc(F)cc(N2CCOCC2)c1.Cl.Cl. The van der Waals surface area contributed by atoms with Crippen LogP contribution in [-0.4, -0.2) is 45.8 Å². The molecule has 1 unspecified atom stereocenters. The van der Waals surface area contributed by atoms with E-state index in [4.69, 9.17) is 4.74 Å². The molecule has 1 fully saturated rings. The first-order valence-corrected chi connectivity index (χ1v) is 7.19. The molecule has 1 atom stereocenters. The Morgan fingerprint density at radius 2 is 1.96 bits per heavy atom. The van der Waals surface area contributed by atoms with Crippen molar-refractivity contribution in [2.45, 2.75) is 6.92 Å². The molecule has 132 valence electrons. The fourth-order valence-electron chi connectivity index (χ4n) is 2.31. The molecule has 5 nitrogen and oxygen atoms in total. The van der Waals surface area contributed by atoms with E-state index in [1.54, 1.807) is 13.1 Å². The van der Waals surface area contributed by atoms with E-state index in [0.29, 0.717) is 25.4 Å². The van der Waals surface area contributed by atoms with E-state index in [1.807, 2.05) is 6.92 Å². The van der Waals surface area contributed by atoms with Gasteiger partial charge >= 0.3 is 0 Å². The van der Waals surface area contributed by atoms with Crippen LogP contribution in [0.2, 0.25) is 0 Å². The van der Waals surface area contributed by atoms with Gasteiger partial charge in [-0.3, -0.25) is 4.79 Å². The molecule has 23 heavy (non-hydrogen) atoms. The minimum absolute atomic E-state index is 0. The van der Waals surface area contributed by atoms with Crippen LogP contribution in [0.25, 0.3) is 0 Å². The monoisotopic (exact) mass is 367 g/mol. The lowest BCUT2D eigenvalue weighted by molar-refractivity contribution is -0.119. The second kappa shape index (κ2) is 10.6. The normalized spacial score (nSPS) is 15.2. The number of ether oxygens (including phenoxy) is 1. The van der Waals surface area contributed by atoms with Crippen LogP contribution in [0.4, 0.5) is 15.8 Å². The van der Waals surface area contributed by atoms with Crippen molar-refractivity contribution in [3.63, 3.8) is 0 Å². The summed E-state index contributed by atoms with van der Waals surface area (Å²) in [6.45, 7) is 5.14. The Morgan fingerprint density at radius 3 is 2.57 bits per heavy atom. The summed E-state index contributed by atoms with van der Waals surface area (Å²) in [5.74, 6) is -0.649. The van der Waals surface area contributed by atoms with Gasteiger partial charge in [0.15, 0.2) is 0 Å². The largest absolute Gasteiger partial charge is 0.378 e. The first-order valence-electron chi connectivity index (χ1n) is 7.19. The predicted octanol–water partition coefficient (Wildman–Crippen LogP) is 2.30. The average Bonchev–Trinajstić information content (AvgIpc) is 2.47. The maximum absolute atomic E-state index is 13.8. The molecule has 1 aliphatic rings. The number of carbonyl (C=O) groups excluding carboxylic acids is 1. The van der Waals surface area contributed by atoms with Crippen LogP contribution in [0, 0.1) is 11.7 Å². The topological polar surface area (TPSA) is 53.6 Å². The van der Waals surface area contributed by atoms with Crippen LogP contribution in [0.15, 0.2) is 18.2 Å². The number of nitrogens with one attached hydrogen (secondary N) is 2. The molecule has 8 heteroatoms. The number of amides is 1. The molecule has 2 rings (SSSR count). The minimum atomic E-state index is -0.351. The Morgan fingerprint density at radius 1 is 1.30 bits per heavy atom. The summed E-state index contributed by atoms with van der Waals surface area (Å²) in [5.41, 5.74) is 1.26. The Labute approximate surface area is 148 Å². The van der Waals surface area contributed by atoms with Crippen molar-refractivity contribution in [3.8, 4) is 0 Å². The summed E-state index contributed by atoms with van der Waals surface area (Å²) in [4.78, 5) is 14.0. The van der Waals surface area contributed by atoms with Gasteiger partial charge in [0, 0.05) is 36.9 Å². The van der Waals surface area contributed by atoms with Gasteiger partial charge in [0.2, 0.25) is 5.91 Å². The van der Waals surface area contributed by atoms with Crippen LogP contribution in [0.3, 0.4) is 0 Å². The molecular weight excluding hydrogens is 344 g/mol. The van der Waals surface area contributed by atoms with E-state index < -0.39 is 0 Å². The van der Waals surface area contributed by atoms with E-state index >= 15 is 0 Å². The number of rotatable bonds is 5. The lowest BCUT2D eigenvalue weighted by atomic mass is 10.1. The molecule has 1 heterocycles. The van der Waals surface area contributed by atoms with Crippen molar-refractivity contribution in [1.29, 1.82) is 0 Å². The standard InChI is InChI=1S/C15H22FN3O2.2ClH/c1-11(10-17-2)15(20)18-13-7-12(16)8-14(9-13)19-3-5-21-6-4-19;;/h7-9,11,17H,3-6,10H2,1-2H3,(H,18,20);2*1H. The van der Waals surface area contributed by atoms with Crippen molar-refractivity contribution in [2.75, 3.05) is 50.1 Å². The van der Waals surface area contributed by atoms with Crippen LogP contribution in [0.5, 0.6) is 0 Å². The smallest absolute Gasteiger partial charge is 0.228 e. The average molecular weight is 368 g/mol. The van der Waals surface area contributed by atoms with Crippen LogP contribution in [0.1, 0.15) is 6.92 Å². The first-order chi connectivity index (χ1) is 10.1. The summed E-state index contributed by atoms with van der Waals surface area (Å²) in [6.07, 6.45) is 0. The van der Waals surface area contributed by atoms with Gasteiger partial charge in [0.25, 0.3) is 0 Å². The number of carbonyl (C=O) groups is 1. The Kier molecular flexibility index (Phi) is 10.1. The van der Waals surface area contributed by atoms with Crippen LogP contribution >= 0.6 is 24.8 Å². The Balaban J connectivity index is 0.00000242. The fourth-order valence-corrected chi connectivity index (χ4v) is 2.31. The van der Waals surface area contributed by atoms with Gasteiger partial charge in [-0.1, -0.05) is 6.92 Å². The number of hydrogen-bond donors (Lipinski definition) is 2. The number of benzene rings is 1. The van der Waals surface area contributed by atoms with Crippen molar-refractivity contribution < 1.29 is 13.9 Å². The number of halogens is 3. The molecule has 1 aromatic rings. The van der Waals surface area contributed by atoms with Crippen molar-refractivity contribution in [3.05, 3.63) is 24.0 Å². The fraction of sp³-hybridized carbons (Fsp3) is 0.533. The van der Waals surface area contributed by atoms with E-state index in [1.165, 1.54) is 12.1 Å². The summed E-state index contributed by atoms with van der Waals surface area (Å²) in [6, 6.07) is 4.63. The quantitative estimate of drug-likeness (QED) is 0.838.